The van der Waals surface area contributed by atoms with Gasteiger partial charge in [-0.3, -0.25) is 9.59 Å². The van der Waals surface area contributed by atoms with E-state index in [0.717, 1.165) is 19.3 Å². The summed E-state index contributed by atoms with van der Waals surface area (Å²) in [6.07, 6.45) is 7.07. The van der Waals surface area contributed by atoms with E-state index in [1.165, 1.54) is 5.57 Å². The van der Waals surface area contributed by atoms with Gasteiger partial charge in [0.25, 0.3) is 0 Å². The van der Waals surface area contributed by atoms with E-state index in [1.807, 2.05) is 13.8 Å². The lowest BCUT2D eigenvalue weighted by Crippen LogP contribution is -2.41. The lowest BCUT2D eigenvalue weighted by Gasteiger charge is -2.43. The molecule has 0 saturated carbocycles. The van der Waals surface area contributed by atoms with Crippen LogP contribution in [0.2, 0.25) is 0 Å². The van der Waals surface area contributed by atoms with Crippen LogP contribution in [-0.4, -0.2) is 45.6 Å². The average molecular weight is 423 g/mol. The molecule has 0 radical (unpaired) electrons. The van der Waals surface area contributed by atoms with Crippen molar-refractivity contribution in [1.82, 2.24) is 0 Å². The zero-order valence-corrected chi connectivity index (χ0v) is 18.7. The Hall–Kier alpha value is -1.66. The maximum atomic E-state index is 12.5. The number of carbonyl (C=O) groups excluding carboxylic acids is 1. The van der Waals surface area contributed by atoms with Crippen molar-refractivity contribution in [3.63, 3.8) is 0 Å². The Morgan fingerprint density at radius 1 is 1.23 bits per heavy atom. The monoisotopic (exact) mass is 422 g/mol. The highest BCUT2D eigenvalue weighted by Crippen LogP contribution is 2.45. The van der Waals surface area contributed by atoms with Gasteiger partial charge in [-0.2, -0.15) is 0 Å². The number of aliphatic carboxylic acids is 1. The van der Waals surface area contributed by atoms with Crippen LogP contribution >= 0.6 is 0 Å². The maximum absolute atomic E-state index is 12.5. The van der Waals surface area contributed by atoms with Crippen LogP contribution < -0.4 is 0 Å². The minimum atomic E-state index is -1.07. The fraction of sp³-hybridized carbons (Fsp3) is 0.750. The standard InChI is InChI=1S/C24H38O6/c1-5-15(3)24(29)30-21-11-14(2)10-17-7-6-16(4)20(23(17)21)9-8-18(25)12-19(26)13-22(27)28/h6-7,10,14-16,18-21,23,25-26H,5,8-9,11-13H2,1-4H3,(H,27,28)/t14-,15+,16-,18+,19+,20-,21-,23-/m1/s1. The van der Waals surface area contributed by atoms with E-state index >= 15 is 0 Å². The Morgan fingerprint density at radius 3 is 2.57 bits per heavy atom. The summed E-state index contributed by atoms with van der Waals surface area (Å²) in [4.78, 5) is 23.2. The Kier molecular flexibility index (Phi) is 9.10. The molecule has 0 unspecified atom stereocenters. The summed E-state index contributed by atoms with van der Waals surface area (Å²) in [5, 5.41) is 28.9. The molecule has 0 amide bonds. The predicted octanol–water partition coefficient (Wildman–Crippen LogP) is 3.72. The van der Waals surface area contributed by atoms with E-state index in [9.17, 15) is 19.8 Å². The summed E-state index contributed by atoms with van der Waals surface area (Å²) in [7, 11) is 0. The van der Waals surface area contributed by atoms with Gasteiger partial charge in [-0.05, 0) is 55.4 Å². The second-order valence-electron chi connectivity index (χ2n) is 9.29. The zero-order chi connectivity index (χ0) is 22.4. The third-order valence-corrected chi connectivity index (χ3v) is 6.67. The summed E-state index contributed by atoms with van der Waals surface area (Å²) < 4.78 is 6.00. The molecule has 0 aliphatic heterocycles. The smallest absolute Gasteiger partial charge is 0.308 e. The molecule has 0 fully saturated rings. The van der Waals surface area contributed by atoms with Gasteiger partial charge in [0.1, 0.15) is 6.10 Å². The number of fused-ring (bicyclic) bond motifs is 1. The molecule has 0 aromatic heterocycles. The van der Waals surface area contributed by atoms with Crippen molar-refractivity contribution in [3.05, 3.63) is 23.8 Å². The maximum Gasteiger partial charge on any atom is 0.308 e. The minimum absolute atomic E-state index is 0.0556. The normalized spacial score (nSPS) is 31.3. The van der Waals surface area contributed by atoms with E-state index in [2.05, 4.69) is 32.1 Å². The van der Waals surface area contributed by atoms with Crippen molar-refractivity contribution in [3.8, 4) is 0 Å². The Labute approximate surface area is 180 Å². The van der Waals surface area contributed by atoms with Crippen LogP contribution in [0.4, 0.5) is 0 Å². The largest absolute Gasteiger partial charge is 0.481 e. The number of carboxylic acid groups (broad SMARTS) is 1. The Balaban J connectivity index is 2.09. The van der Waals surface area contributed by atoms with Crippen LogP contribution in [0.1, 0.15) is 66.2 Å². The predicted molar refractivity (Wildman–Crippen MR) is 115 cm³/mol. The number of hydrogen-bond acceptors (Lipinski definition) is 5. The van der Waals surface area contributed by atoms with Crippen molar-refractivity contribution >= 4 is 11.9 Å². The van der Waals surface area contributed by atoms with Gasteiger partial charge in [-0.15, -0.1) is 0 Å². The van der Waals surface area contributed by atoms with Crippen molar-refractivity contribution in [1.29, 1.82) is 0 Å². The van der Waals surface area contributed by atoms with Gasteiger partial charge in [0, 0.05) is 5.92 Å². The molecule has 0 saturated heterocycles. The van der Waals surface area contributed by atoms with Gasteiger partial charge in [-0.1, -0.05) is 45.9 Å². The van der Waals surface area contributed by atoms with Gasteiger partial charge in [0.2, 0.25) is 0 Å². The fourth-order valence-electron chi connectivity index (χ4n) is 4.76. The summed E-state index contributed by atoms with van der Waals surface area (Å²) >= 11 is 0. The lowest BCUT2D eigenvalue weighted by atomic mass is 9.65. The number of hydrogen-bond donors (Lipinski definition) is 3. The summed E-state index contributed by atoms with van der Waals surface area (Å²) in [6.45, 7) is 8.16. The number of ether oxygens (including phenoxy) is 1. The Bertz CT molecular complexity index is 654. The third kappa shape index (κ3) is 6.67. The average Bonchev–Trinajstić information content (AvgIpc) is 2.65. The molecule has 8 atom stereocenters. The molecule has 0 heterocycles. The SMILES string of the molecule is CC[C@H](C)C(=O)O[C@@H]1C[C@H](C)C=C2C=C[C@@H](C)[C@@H](CC[C@H](O)C[C@H](O)CC(=O)O)[C@@H]21. The van der Waals surface area contributed by atoms with E-state index in [4.69, 9.17) is 9.84 Å². The topological polar surface area (TPSA) is 104 Å². The molecule has 2 aliphatic carbocycles. The zero-order valence-electron chi connectivity index (χ0n) is 18.7. The molecule has 2 aliphatic rings. The second-order valence-corrected chi connectivity index (χ2v) is 9.29. The van der Waals surface area contributed by atoms with Crippen molar-refractivity contribution in [2.45, 2.75) is 84.5 Å². The first-order valence-corrected chi connectivity index (χ1v) is 11.3. The highest BCUT2D eigenvalue weighted by atomic mass is 16.5. The van der Waals surface area contributed by atoms with Gasteiger partial charge >= 0.3 is 11.9 Å². The third-order valence-electron chi connectivity index (χ3n) is 6.67. The summed E-state index contributed by atoms with van der Waals surface area (Å²) in [5.74, 6) is -0.406. The molecule has 30 heavy (non-hydrogen) atoms. The lowest BCUT2D eigenvalue weighted by molar-refractivity contribution is -0.158. The molecule has 0 aromatic rings. The van der Waals surface area contributed by atoms with Gasteiger partial charge in [0.15, 0.2) is 0 Å². The van der Waals surface area contributed by atoms with Crippen molar-refractivity contribution < 1.29 is 29.6 Å². The molecule has 6 heteroatoms. The van der Waals surface area contributed by atoms with Gasteiger partial charge in [-0.25, -0.2) is 0 Å². The van der Waals surface area contributed by atoms with Crippen LogP contribution in [0.25, 0.3) is 0 Å². The van der Waals surface area contributed by atoms with Gasteiger partial charge < -0.3 is 20.1 Å². The molecule has 0 aromatic carbocycles. The van der Waals surface area contributed by atoms with Crippen LogP contribution in [0.3, 0.4) is 0 Å². The van der Waals surface area contributed by atoms with E-state index < -0.39 is 18.2 Å². The minimum Gasteiger partial charge on any atom is -0.481 e. The molecule has 170 valence electrons. The first kappa shape index (κ1) is 24.6. The molecule has 0 bridgehead atoms. The van der Waals surface area contributed by atoms with E-state index in [0.29, 0.717) is 12.3 Å². The second kappa shape index (κ2) is 11.1. The number of aliphatic hydroxyl groups is 2. The van der Waals surface area contributed by atoms with Gasteiger partial charge in [0.05, 0.1) is 24.5 Å². The molecule has 2 rings (SSSR count). The van der Waals surface area contributed by atoms with Crippen molar-refractivity contribution in [2.24, 2.45) is 29.6 Å². The highest BCUT2D eigenvalue weighted by molar-refractivity contribution is 5.72. The highest BCUT2D eigenvalue weighted by Gasteiger charge is 2.41. The summed E-state index contributed by atoms with van der Waals surface area (Å²) in [6, 6.07) is 0. The Morgan fingerprint density at radius 2 is 1.93 bits per heavy atom. The summed E-state index contributed by atoms with van der Waals surface area (Å²) in [5.41, 5.74) is 1.21. The van der Waals surface area contributed by atoms with Crippen LogP contribution in [-0.2, 0) is 14.3 Å². The van der Waals surface area contributed by atoms with Crippen LogP contribution in [0.15, 0.2) is 23.8 Å². The number of esters is 1. The molecule has 3 N–H and O–H groups in total. The van der Waals surface area contributed by atoms with Crippen molar-refractivity contribution in [2.75, 3.05) is 0 Å². The number of rotatable bonds is 10. The number of allylic oxidation sites excluding steroid dienone is 3. The molecule has 0 spiro atoms. The van der Waals surface area contributed by atoms with E-state index in [-0.39, 0.29) is 48.6 Å². The number of carboxylic acids is 1. The first-order valence-electron chi connectivity index (χ1n) is 11.3. The van der Waals surface area contributed by atoms with E-state index in [1.54, 1.807) is 0 Å². The van der Waals surface area contributed by atoms with Crippen LogP contribution in [0, 0.1) is 29.6 Å². The quantitative estimate of drug-likeness (QED) is 0.464. The fourth-order valence-corrected chi connectivity index (χ4v) is 4.76. The molecular weight excluding hydrogens is 384 g/mol. The number of aliphatic hydroxyl groups excluding tert-OH is 2. The molecular formula is C24H38O6. The molecule has 6 nitrogen and oxygen atoms in total. The number of carbonyl (C=O) groups is 2. The van der Waals surface area contributed by atoms with Crippen LogP contribution in [0.5, 0.6) is 0 Å². The first-order chi connectivity index (χ1) is 14.1.